The first kappa shape index (κ1) is 16.0. The number of nitrogens with zero attached hydrogens (tertiary/aromatic N) is 4. The fourth-order valence-corrected chi connectivity index (χ4v) is 1.23. The van der Waals surface area contributed by atoms with Gasteiger partial charge in [0.1, 0.15) is 0 Å². The van der Waals surface area contributed by atoms with E-state index in [4.69, 9.17) is 0 Å². The van der Waals surface area contributed by atoms with E-state index in [0.717, 1.165) is 20.0 Å². The van der Waals surface area contributed by atoms with Crippen molar-refractivity contribution in [2.75, 3.05) is 55.2 Å². The van der Waals surface area contributed by atoms with Crippen LogP contribution in [0, 0.1) is 0 Å². The van der Waals surface area contributed by atoms with Gasteiger partial charge in [-0.3, -0.25) is 9.80 Å². The largest absolute Gasteiger partial charge is 0.653 e. The van der Waals surface area contributed by atoms with Gasteiger partial charge >= 0.3 is 0 Å². The average molecular weight is 359 g/mol. The maximum absolute atomic E-state index is 4.05. The van der Waals surface area contributed by atoms with Gasteiger partial charge in [0, 0.05) is 27.1 Å². The molecule has 0 heterocycles. The molecule has 13 heavy (non-hydrogen) atoms. The summed E-state index contributed by atoms with van der Waals surface area (Å²) in [5, 5.41) is 4.05. The molecule has 0 atom stereocenters. The van der Waals surface area contributed by atoms with E-state index < -0.39 is 0 Å². The molecule has 0 N–H and O–H groups in total. The van der Waals surface area contributed by atoms with Crippen molar-refractivity contribution in [3.8, 4) is 0 Å². The Morgan fingerprint density at radius 3 is 1.85 bits per heavy atom. The van der Waals surface area contributed by atoms with Crippen LogP contribution in [0.1, 0.15) is 0 Å². The first-order chi connectivity index (χ1) is 5.56. The van der Waals surface area contributed by atoms with Crippen molar-refractivity contribution < 1.29 is 20.4 Å². The first-order valence-corrected chi connectivity index (χ1v) is 4.13. The van der Waals surface area contributed by atoms with E-state index in [2.05, 4.69) is 48.2 Å². The molecule has 0 aromatic heterocycles. The Kier molecular flexibility index (Phi) is 11.1. The molecule has 0 aliphatic rings. The van der Waals surface area contributed by atoms with Gasteiger partial charge in [-0.1, -0.05) is 6.67 Å². The van der Waals surface area contributed by atoms with Crippen molar-refractivity contribution in [3.63, 3.8) is 0 Å². The van der Waals surface area contributed by atoms with E-state index in [1.807, 2.05) is 7.05 Å². The Balaban J connectivity index is 0. The minimum Gasteiger partial charge on any atom is -0.653 e. The van der Waals surface area contributed by atoms with Crippen molar-refractivity contribution in [2.45, 2.75) is 0 Å². The molecule has 4 nitrogen and oxygen atoms in total. The maximum atomic E-state index is 4.05. The van der Waals surface area contributed by atoms with Gasteiger partial charge in [-0.15, -0.1) is 0 Å². The summed E-state index contributed by atoms with van der Waals surface area (Å²) in [6.45, 7) is 2.74. The molecule has 0 unspecified atom stereocenters. The maximum Gasteiger partial charge on any atom is 0.0509 e. The molecule has 0 saturated heterocycles. The summed E-state index contributed by atoms with van der Waals surface area (Å²) in [4.78, 5) is 6.56. The molecule has 5 heteroatoms. The van der Waals surface area contributed by atoms with Crippen molar-refractivity contribution in [2.24, 2.45) is 0 Å². The Bertz CT molecular complexity index is 110. The molecule has 81 valence electrons. The molecule has 0 rings (SSSR count). The summed E-state index contributed by atoms with van der Waals surface area (Å²) in [6, 6.07) is 0. The van der Waals surface area contributed by atoms with Crippen LogP contribution in [0.15, 0.2) is 0 Å². The van der Waals surface area contributed by atoms with Gasteiger partial charge in [-0.2, -0.15) is 7.05 Å². The molecule has 0 amide bonds. The first-order valence-electron chi connectivity index (χ1n) is 4.13. The van der Waals surface area contributed by atoms with E-state index in [0.29, 0.717) is 0 Å². The quantitative estimate of drug-likeness (QED) is 0.637. The minimum atomic E-state index is 0. The van der Waals surface area contributed by atoms with Crippen LogP contribution in [0.2, 0.25) is 0 Å². The van der Waals surface area contributed by atoms with Crippen molar-refractivity contribution in [1.82, 2.24) is 14.7 Å². The van der Waals surface area contributed by atoms with Crippen molar-refractivity contribution in [3.05, 3.63) is 5.32 Å². The predicted octanol–water partition coefficient (Wildman–Crippen LogP) is 0.285. The normalized spacial score (nSPS) is 11.1. The number of hydrogen-bond donors (Lipinski definition) is 0. The summed E-state index contributed by atoms with van der Waals surface area (Å²) in [7, 11) is 10.1. The SMILES string of the molecule is C[N-]CN(C)CN(C)CN(C)C.[Re]. The molecule has 0 fully saturated rings. The van der Waals surface area contributed by atoms with E-state index in [1.165, 1.54) is 0 Å². The third-order valence-corrected chi connectivity index (χ3v) is 1.39. The van der Waals surface area contributed by atoms with E-state index in [-0.39, 0.29) is 20.4 Å². The average Bonchev–Trinajstić information content (AvgIpc) is 1.84. The van der Waals surface area contributed by atoms with Crippen LogP contribution in [-0.4, -0.2) is 69.9 Å². The van der Waals surface area contributed by atoms with Gasteiger partial charge < -0.3 is 10.2 Å². The van der Waals surface area contributed by atoms with E-state index >= 15 is 0 Å². The molecular formula is C8H21N4Re-. The molecule has 0 aromatic rings. The van der Waals surface area contributed by atoms with Crippen LogP contribution < -0.4 is 0 Å². The second-order valence-corrected chi connectivity index (χ2v) is 3.53. The summed E-state index contributed by atoms with van der Waals surface area (Å²) in [5.41, 5.74) is 0. The van der Waals surface area contributed by atoms with Gasteiger partial charge in [-0.05, 0) is 28.2 Å². The van der Waals surface area contributed by atoms with Crippen molar-refractivity contribution >= 4 is 0 Å². The Morgan fingerprint density at radius 2 is 1.46 bits per heavy atom. The van der Waals surface area contributed by atoms with Gasteiger partial charge in [0.25, 0.3) is 0 Å². The zero-order valence-corrected chi connectivity index (χ0v) is 12.0. The molecule has 0 spiro atoms. The third kappa shape index (κ3) is 10.4. The molecule has 1 radical (unpaired) electrons. The second kappa shape index (κ2) is 9.07. The van der Waals surface area contributed by atoms with Gasteiger partial charge in [-0.25, -0.2) is 0 Å². The monoisotopic (exact) mass is 360 g/mol. The van der Waals surface area contributed by atoms with Crippen LogP contribution in [0.3, 0.4) is 0 Å². The van der Waals surface area contributed by atoms with Crippen molar-refractivity contribution in [1.29, 1.82) is 0 Å². The van der Waals surface area contributed by atoms with Crippen LogP contribution in [0.25, 0.3) is 5.32 Å². The standard InChI is InChI=1S/C8H21N4.Re/c1-9-6-11(4)8-12(5)7-10(2)3;/h6-8H2,1-5H3;/q-1;. The molecule has 0 aromatic carbocycles. The fraction of sp³-hybridized carbons (Fsp3) is 1.00. The van der Waals surface area contributed by atoms with E-state index in [9.17, 15) is 0 Å². The fourth-order valence-electron chi connectivity index (χ4n) is 1.23. The summed E-state index contributed by atoms with van der Waals surface area (Å²) >= 11 is 0. The third-order valence-electron chi connectivity index (χ3n) is 1.39. The topological polar surface area (TPSA) is 23.8 Å². The van der Waals surface area contributed by atoms with Gasteiger partial charge in [0.2, 0.25) is 0 Å². The Morgan fingerprint density at radius 1 is 0.923 bits per heavy atom. The van der Waals surface area contributed by atoms with Gasteiger partial charge in [0.05, 0.1) is 6.67 Å². The summed E-state index contributed by atoms with van der Waals surface area (Å²) in [5.74, 6) is 0. The Labute approximate surface area is 95.9 Å². The number of rotatable bonds is 6. The zero-order chi connectivity index (χ0) is 9.56. The summed E-state index contributed by atoms with van der Waals surface area (Å²) < 4.78 is 0. The minimum absolute atomic E-state index is 0. The Hall–Kier alpha value is 0.502. The zero-order valence-electron chi connectivity index (χ0n) is 9.29. The molecule has 0 bridgehead atoms. The molecule has 0 aliphatic carbocycles. The predicted molar refractivity (Wildman–Crippen MR) is 53.1 cm³/mol. The molecule has 0 saturated carbocycles. The smallest absolute Gasteiger partial charge is 0.0509 e. The van der Waals surface area contributed by atoms with Crippen LogP contribution in [0.5, 0.6) is 0 Å². The van der Waals surface area contributed by atoms with Crippen LogP contribution >= 0.6 is 0 Å². The molecule has 0 aliphatic heterocycles. The summed E-state index contributed by atoms with van der Waals surface area (Å²) in [6.07, 6.45) is 0. The number of hydrogen-bond acceptors (Lipinski definition) is 3. The second-order valence-electron chi connectivity index (χ2n) is 3.53. The molecular weight excluding hydrogens is 338 g/mol. The van der Waals surface area contributed by atoms with Crippen LogP contribution in [-0.2, 0) is 20.4 Å². The van der Waals surface area contributed by atoms with Crippen LogP contribution in [0.4, 0.5) is 0 Å². The van der Waals surface area contributed by atoms with E-state index in [1.54, 1.807) is 0 Å². The van der Waals surface area contributed by atoms with Gasteiger partial charge in [0.15, 0.2) is 0 Å².